The van der Waals surface area contributed by atoms with Gasteiger partial charge in [0.05, 0.1) is 13.2 Å². The van der Waals surface area contributed by atoms with Crippen molar-refractivity contribution in [2.24, 2.45) is 5.92 Å². The molecular formula is C7H14O2. The van der Waals surface area contributed by atoms with Crippen LogP contribution in [0.25, 0.3) is 0 Å². The quantitative estimate of drug-likeness (QED) is 0.562. The molecule has 0 aromatic heterocycles. The minimum absolute atomic E-state index is 0.0787. The van der Waals surface area contributed by atoms with Gasteiger partial charge < -0.3 is 9.47 Å². The molecule has 1 saturated heterocycles. The van der Waals surface area contributed by atoms with E-state index < -0.39 is 0 Å². The normalized spacial score (nSPS) is 24.7. The first kappa shape index (κ1) is 7.03. The zero-order chi connectivity index (χ0) is 6.69. The Hall–Kier alpha value is -0.0800. The Labute approximate surface area is 56.2 Å². The summed E-state index contributed by atoms with van der Waals surface area (Å²) in [6.45, 7) is 5.84. The Morgan fingerprint density at radius 2 is 2.00 bits per heavy atom. The molecule has 0 N–H and O–H groups in total. The Morgan fingerprint density at radius 3 is 2.44 bits per heavy atom. The SMILES string of the molecule is CC[C@@H](C)C1OCCO1. The molecule has 0 spiro atoms. The number of ether oxygens (including phenoxy) is 2. The second kappa shape index (κ2) is 3.18. The van der Waals surface area contributed by atoms with Crippen LogP contribution in [0, 0.1) is 5.92 Å². The summed E-state index contributed by atoms with van der Waals surface area (Å²) in [4.78, 5) is 0. The van der Waals surface area contributed by atoms with Crippen molar-refractivity contribution in [2.75, 3.05) is 13.2 Å². The maximum Gasteiger partial charge on any atom is 0.160 e. The molecule has 2 nitrogen and oxygen atoms in total. The predicted molar refractivity (Wildman–Crippen MR) is 35.1 cm³/mol. The van der Waals surface area contributed by atoms with E-state index >= 15 is 0 Å². The van der Waals surface area contributed by atoms with Crippen LogP contribution >= 0.6 is 0 Å². The van der Waals surface area contributed by atoms with Gasteiger partial charge in [-0.25, -0.2) is 0 Å². The summed E-state index contributed by atoms with van der Waals surface area (Å²) in [6.07, 6.45) is 1.21. The smallest absolute Gasteiger partial charge is 0.160 e. The maximum atomic E-state index is 5.28. The topological polar surface area (TPSA) is 18.5 Å². The molecule has 0 aliphatic carbocycles. The zero-order valence-electron chi connectivity index (χ0n) is 6.09. The van der Waals surface area contributed by atoms with E-state index in [1.165, 1.54) is 0 Å². The molecule has 0 radical (unpaired) electrons. The lowest BCUT2D eigenvalue weighted by molar-refractivity contribution is -0.0790. The van der Waals surface area contributed by atoms with Gasteiger partial charge in [0, 0.05) is 5.92 Å². The number of hydrogen-bond acceptors (Lipinski definition) is 2. The third-order valence-electron chi connectivity index (χ3n) is 1.76. The largest absolute Gasteiger partial charge is 0.350 e. The molecule has 54 valence electrons. The van der Waals surface area contributed by atoms with Crippen molar-refractivity contribution in [3.63, 3.8) is 0 Å². The molecule has 0 aromatic carbocycles. The monoisotopic (exact) mass is 130 g/mol. The van der Waals surface area contributed by atoms with Crippen molar-refractivity contribution in [1.82, 2.24) is 0 Å². The molecule has 1 aliphatic rings. The highest BCUT2D eigenvalue weighted by atomic mass is 16.7. The second-order valence-electron chi connectivity index (χ2n) is 2.50. The molecule has 0 aromatic rings. The molecule has 0 saturated carbocycles. The van der Waals surface area contributed by atoms with E-state index in [4.69, 9.17) is 9.47 Å². The minimum atomic E-state index is 0.0787. The highest BCUT2D eigenvalue weighted by Gasteiger charge is 2.20. The van der Waals surface area contributed by atoms with Crippen molar-refractivity contribution in [2.45, 2.75) is 26.6 Å². The van der Waals surface area contributed by atoms with Crippen LogP contribution in [-0.4, -0.2) is 19.5 Å². The molecule has 1 aliphatic heterocycles. The van der Waals surface area contributed by atoms with Gasteiger partial charge in [-0.15, -0.1) is 0 Å². The van der Waals surface area contributed by atoms with Gasteiger partial charge in [0.15, 0.2) is 6.29 Å². The Balaban J connectivity index is 2.24. The third kappa shape index (κ3) is 1.66. The summed E-state index contributed by atoms with van der Waals surface area (Å²) < 4.78 is 10.6. The van der Waals surface area contributed by atoms with Gasteiger partial charge in [0.2, 0.25) is 0 Å². The number of rotatable bonds is 2. The van der Waals surface area contributed by atoms with E-state index in [2.05, 4.69) is 13.8 Å². The van der Waals surface area contributed by atoms with Crippen molar-refractivity contribution in [3.8, 4) is 0 Å². The van der Waals surface area contributed by atoms with E-state index in [1.54, 1.807) is 0 Å². The van der Waals surface area contributed by atoms with Crippen molar-refractivity contribution < 1.29 is 9.47 Å². The van der Waals surface area contributed by atoms with Gasteiger partial charge in [-0.05, 0) is 6.42 Å². The standard InChI is InChI=1S/C7H14O2/c1-3-6(2)7-8-4-5-9-7/h6-7H,3-5H2,1-2H3/t6-/m1/s1. The van der Waals surface area contributed by atoms with E-state index in [9.17, 15) is 0 Å². The summed E-state index contributed by atoms with van der Waals surface area (Å²) in [5, 5.41) is 0. The van der Waals surface area contributed by atoms with E-state index in [-0.39, 0.29) is 6.29 Å². The average molecular weight is 130 g/mol. The van der Waals surface area contributed by atoms with Crippen LogP contribution < -0.4 is 0 Å². The van der Waals surface area contributed by atoms with Crippen LogP contribution in [0.1, 0.15) is 20.3 Å². The molecule has 0 unspecified atom stereocenters. The highest BCUT2D eigenvalue weighted by Crippen LogP contribution is 2.16. The van der Waals surface area contributed by atoms with E-state index in [1.807, 2.05) is 0 Å². The highest BCUT2D eigenvalue weighted by molar-refractivity contribution is 4.58. The average Bonchev–Trinajstić information content (AvgIpc) is 2.37. The third-order valence-corrected chi connectivity index (χ3v) is 1.76. The van der Waals surface area contributed by atoms with Gasteiger partial charge in [-0.1, -0.05) is 13.8 Å². The van der Waals surface area contributed by atoms with Gasteiger partial charge in [-0.3, -0.25) is 0 Å². The fourth-order valence-electron chi connectivity index (χ4n) is 0.898. The lowest BCUT2D eigenvalue weighted by atomic mass is 10.1. The molecule has 1 heterocycles. The molecule has 0 amide bonds. The van der Waals surface area contributed by atoms with E-state index in [0.29, 0.717) is 5.92 Å². The molecule has 1 fully saturated rings. The summed E-state index contributed by atoms with van der Waals surface area (Å²) in [7, 11) is 0. The number of hydrogen-bond donors (Lipinski definition) is 0. The lowest BCUT2D eigenvalue weighted by Gasteiger charge is -2.14. The molecule has 1 rings (SSSR count). The summed E-state index contributed by atoms with van der Waals surface area (Å²) in [5.74, 6) is 0.549. The van der Waals surface area contributed by atoms with Gasteiger partial charge >= 0.3 is 0 Å². The van der Waals surface area contributed by atoms with Crippen LogP contribution in [0.3, 0.4) is 0 Å². The fraction of sp³-hybridized carbons (Fsp3) is 1.00. The van der Waals surface area contributed by atoms with Crippen LogP contribution in [0.15, 0.2) is 0 Å². The molecule has 2 heteroatoms. The van der Waals surface area contributed by atoms with Crippen molar-refractivity contribution >= 4 is 0 Å². The molecule has 1 atom stereocenters. The first-order valence-corrected chi connectivity index (χ1v) is 3.57. The van der Waals surface area contributed by atoms with Crippen LogP contribution in [0.2, 0.25) is 0 Å². The van der Waals surface area contributed by atoms with Crippen LogP contribution in [0.5, 0.6) is 0 Å². The molecular weight excluding hydrogens is 116 g/mol. The summed E-state index contributed by atoms with van der Waals surface area (Å²) >= 11 is 0. The van der Waals surface area contributed by atoms with Gasteiger partial charge in [-0.2, -0.15) is 0 Å². The lowest BCUT2D eigenvalue weighted by Crippen LogP contribution is -2.17. The zero-order valence-corrected chi connectivity index (χ0v) is 6.09. The van der Waals surface area contributed by atoms with Crippen molar-refractivity contribution in [3.05, 3.63) is 0 Å². The Kier molecular flexibility index (Phi) is 2.49. The van der Waals surface area contributed by atoms with Crippen molar-refractivity contribution in [1.29, 1.82) is 0 Å². The van der Waals surface area contributed by atoms with Gasteiger partial charge in [0.1, 0.15) is 0 Å². The fourth-order valence-corrected chi connectivity index (χ4v) is 0.898. The Morgan fingerprint density at radius 1 is 1.44 bits per heavy atom. The van der Waals surface area contributed by atoms with Crippen LogP contribution in [-0.2, 0) is 9.47 Å². The second-order valence-corrected chi connectivity index (χ2v) is 2.50. The summed E-state index contributed by atoms with van der Waals surface area (Å²) in [6, 6.07) is 0. The van der Waals surface area contributed by atoms with E-state index in [0.717, 1.165) is 19.6 Å². The molecule has 9 heavy (non-hydrogen) atoms. The first-order chi connectivity index (χ1) is 4.34. The predicted octanol–water partition coefficient (Wildman–Crippen LogP) is 1.41. The Bertz CT molecular complexity index is 77.0. The minimum Gasteiger partial charge on any atom is -0.350 e. The maximum absolute atomic E-state index is 5.28. The molecule has 0 bridgehead atoms. The van der Waals surface area contributed by atoms with Gasteiger partial charge in [0.25, 0.3) is 0 Å². The van der Waals surface area contributed by atoms with Crippen LogP contribution in [0.4, 0.5) is 0 Å². The first-order valence-electron chi connectivity index (χ1n) is 3.57. The summed E-state index contributed by atoms with van der Waals surface area (Å²) in [5.41, 5.74) is 0.